The number of aliphatic hydroxyl groups excluding tert-OH is 1. The van der Waals surface area contributed by atoms with Gasteiger partial charge in [0.15, 0.2) is 0 Å². The molecule has 0 radical (unpaired) electrons. The van der Waals surface area contributed by atoms with Gasteiger partial charge >= 0.3 is 6.09 Å². The summed E-state index contributed by atoms with van der Waals surface area (Å²) in [7, 11) is 0. The first-order chi connectivity index (χ1) is 8.92. The lowest BCUT2D eigenvalue weighted by molar-refractivity contribution is 0.00603. The average molecular weight is 265 g/mol. The molecule has 1 aromatic rings. The number of aryl methyl sites for hydroxylation is 1. The van der Waals surface area contributed by atoms with Gasteiger partial charge in [-0.2, -0.15) is 0 Å². The highest BCUT2D eigenvalue weighted by Crippen LogP contribution is 2.10. The minimum atomic E-state index is -0.538. The topological polar surface area (TPSA) is 49.8 Å². The molecule has 0 saturated carbocycles. The van der Waals surface area contributed by atoms with Crippen LogP contribution in [0.2, 0.25) is 0 Å². The maximum atomic E-state index is 11.8. The first kappa shape index (κ1) is 15.5. The second-order valence-electron chi connectivity index (χ2n) is 5.47. The third kappa shape index (κ3) is 6.25. The van der Waals surface area contributed by atoms with Crippen LogP contribution in [-0.4, -0.2) is 35.0 Å². The number of carbonyl (C=O) groups is 1. The van der Waals surface area contributed by atoms with Crippen molar-refractivity contribution < 1.29 is 14.6 Å². The van der Waals surface area contributed by atoms with Gasteiger partial charge in [-0.25, -0.2) is 4.79 Å². The van der Waals surface area contributed by atoms with Gasteiger partial charge in [-0.1, -0.05) is 30.3 Å². The Kier molecular flexibility index (Phi) is 5.83. The Labute approximate surface area is 115 Å². The summed E-state index contributed by atoms with van der Waals surface area (Å²) in [4.78, 5) is 13.1. The number of aliphatic hydroxyl groups is 1. The van der Waals surface area contributed by atoms with Crippen LogP contribution >= 0.6 is 0 Å². The minimum absolute atomic E-state index is 0.316. The van der Waals surface area contributed by atoms with E-state index in [1.807, 2.05) is 39.0 Å². The van der Waals surface area contributed by atoms with Crippen molar-refractivity contribution in [3.63, 3.8) is 0 Å². The summed E-state index contributed by atoms with van der Waals surface area (Å²) in [5.74, 6) is 0. The zero-order chi connectivity index (χ0) is 14.3. The van der Waals surface area contributed by atoms with E-state index in [1.165, 1.54) is 10.5 Å². The summed E-state index contributed by atoms with van der Waals surface area (Å²) in [5.41, 5.74) is 0.689. The smallest absolute Gasteiger partial charge is 0.412 e. The maximum Gasteiger partial charge on any atom is 0.412 e. The van der Waals surface area contributed by atoms with E-state index in [9.17, 15) is 9.90 Å². The van der Waals surface area contributed by atoms with Crippen LogP contribution in [0.3, 0.4) is 0 Å². The van der Waals surface area contributed by atoms with E-state index >= 15 is 0 Å². The Morgan fingerprint density at radius 3 is 2.42 bits per heavy atom. The van der Waals surface area contributed by atoms with Crippen molar-refractivity contribution in [2.24, 2.45) is 0 Å². The molecule has 0 spiro atoms. The van der Waals surface area contributed by atoms with Gasteiger partial charge in [0.1, 0.15) is 12.3 Å². The van der Waals surface area contributed by atoms with E-state index in [0.29, 0.717) is 6.54 Å². The van der Waals surface area contributed by atoms with Crippen LogP contribution in [0.4, 0.5) is 4.79 Å². The molecule has 1 rings (SSSR count). The summed E-state index contributed by atoms with van der Waals surface area (Å²) < 4.78 is 5.22. The number of benzene rings is 1. The predicted molar refractivity (Wildman–Crippen MR) is 74.8 cm³/mol. The summed E-state index contributed by atoms with van der Waals surface area (Å²) >= 11 is 0. The first-order valence-corrected chi connectivity index (χ1v) is 6.55. The van der Waals surface area contributed by atoms with Gasteiger partial charge in [0.25, 0.3) is 0 Å². The Balaban J connectivity index is 2.38. The molecule has 0 aliphatic rings. The zero-order valence-corrected chi connectivity index (χ0v) is 11.9. The fourth-order valence-electron chi connectivity index (χ4n) is 1.66. The number of nitrogens with zero attached hydrogens (tertiary/aromatic N) is 1. The summed E-state index contributed by atoms with van der Waals surface area (Å²) in [6.07, 6.45) is 1.20. The average Bonchev–Trinajstić information content (AvgIpc) is 2.33. The summed E-state index contributed by atoms with van der Waals surface area (Å²) in [6.45, 7) is 5.60. The minimum Gasteiger partial charge on any atom is -0.444 e. The van der Waals surface area contributed by atoms with Crippen LogP contribution in [0.1, 0.15) is 32.8 Å². The Morgan fingerprint density at radius 1 is 1.26 bits per heavy atom. The molecular formula is C15H23NO3. The molecule has 1 aromatic carbocycles. The van der Waals surface area contributed by atoms with E-state index in [1.54, 1.807) is 0 Å². The van der Waals surface area contributed by atoms with E-state index in [4.69, 9.17) is 4.74 Å². The highest BCUT2D eigenvalue weighted by Gasteiger charge is 2.21. The lowest BCUT2D eigenvalue weighted by Crippen LogP contribution is -2.38. The van der Waals surface area contributed by atoms with Gasteiger partial charge in [0.05, 0.1) is 0 Å². The summed E-state index contributed by atoms with van der Waals surface area (Å²) in [6, 6.07) is 10.1. The molecular weight excluding hydrogens is 242 g/mol. The van der Waals surface area contributed by atoms with Gasteiger partial charge in [-0.05, 0) is 39.2 Å². The first-order valence-electron chi connectivity index (χ1n) is 6.55. The number of hydrogen-bond donors (Lipinski definition) is 1. The fraction of sp³-hybridized carbons (Fsp3) is 0.533. The molecule has 4 nitrogen and oxygen atoms in total. The molecule has 0 atom stereocenters. The molecule has 106 valence electrons. The van der Waals surface area contributed by atoms with Gasteiger partial charge in [-0.3, -0.25) is 4.90 Å². The lowest BCUT2D eigenvalue weighted by Gasteiger charge is -2.25. The summed E-state index contributed by atoms with van der Waals surface area (Å²) in [5, 5.41) is 9.22. The standard InChI is InChI=1S/C15H23NO3/c1-15(2,3)19-14(18)16(12-17)11-7-10-13-8-5-4-6-9-13/h4-6,8-9,17H,7,10-12H2,1-3H3. The van der Waals surface area contributed by atoms with Gasteiger partial charge in [0, 0.05) is 6.54 Å². The largest absolute Gasteiger partial charge is 0.444 e. The van der Waals surface area contributed by atoms with Crippen LogP contribution in [0, 0.1) is 0 Å². The van der Waals surface area contributed by atoms with E-state index < -0.39 is 11.7 Å². The SMILES string of the molecule is CC(C)(C)OC(=O)N(CO)CCCc1ccccc1. The molecule has 0 aliphatic carbocycles. The Bertz CT molecular complexity index is 384. The number of amides is 1. The number of hydrogen-bond acceptors (Lipinski definition) is 3. The van der Waals surface area contributed by atoms with Crippen molar-refractivity contribution in [3.8, 4) is 0 Å². The Morgan fingerprint density at radius 2 is 1.89 bits per heavy atom. The van der Waals surface area contributed by atoms with Gasteiger partial charge < -0.3 is 9.84 Å². The van der Waals surface area contributed by atoms with Crippen LogP contribution < -0.4 is 0 Å². The molecule has 1 amide bonds. The molecule has 0 aromatic heterocycles. The molecule has 0 heterocycles. The molecule has 0 saturated heterocycles. The third-order valence-corrected chi connectivity index (χ3v) is 2.56. The van der Waals surface area contributed by atoms with Crippen LogP contribution in [0.5, 0.6) is 0 Å². The molecule has 19 heavy (non-hydrogen) atoms. The van der Waals surface area contributed by atoms with E-state index in [0.717, 1.165) is 12.8 Å². The molecule has 0 fully saturated rings. The van der Waals surface area contributed by atoms with Crippen molar-refractivity contribution in [2.45, 2.75) is 39.2 Å². The predicted octanol–water partition coefficient (Wildman–Crippen LogP) is 2.81. The molecule has 0 aliphatic heterocycles. The number of carbonyl (C=O) groups excluding carboxylic acids is 1. The molecule has 0 unspecified atom stereocenters. The normalized spacial score (nSPS) is 11.2. The third-order valence-electron chi connectivity index (χ3n) is 2.56. The second-order valence-corrected chi connectivity index (χ2v) is 5.47. The Hall–Kier alpha value is -1.55. The quantitative estimate of drug-likeness (QED) is 0.833. The monoisotopic (exact) mass is 265 g/mol. The van der Waals surface area contributed by atoms with Crippen LogP contribution in [0.25, 0.3) is 0 Å². The molecule has 1 N–H and O–H groups in total. The highest BCUT2D eigenvalue weighted by atomic mass is 16.6. The van der Waals surface area contributed by atoms with Crippen LogP contribution in [-0.2, 0) is 11.2 Å². The van der Waals surface area contributed by atoms with E-state index in [-0.39, 0.29) is 6.73 Å². The maximum absolute atomic E-state index is 11.8. The van der Waals surface area contributed by atoms with Crippen LogP contribution in [0.15, 0.2) is 30.3 Å². The molecule has 4 heteroatoms. The number of rotatable bonds is 5. The second kappa shape index (κ2) is 7.14. The fourth-order valence-corrected chi connectivity index (χ4v) is 1.66. The van der Waals surface area contributed by atoms with Gasteiger partial charge in [0.2, 0.25) is 0 Å². The van der Waals surface area contributed by atoms with Crippen molar-refractivity contribution >= 4 is 6.09 Å². The van der Waals surface area contributed by atoms with Crippen molar-refractivity contribution in [2.75, 3.05) is 13.3 Å². The van der Waals surface area contributed by atoms with Crippen molar-refractivity contribution in [1.29, 1.82) is 0 Å². The van der Waals surface area contributed by atoms with Crippen molar-refractivity contribution in [1.82, 2.24) is 4.90 Å². The zero-order valence-electron chi connectivity index (χ0n) is 11.9. The molecule has 0 bridgehead atoms. The lowest BCUT2D eigenvalue weighted by atomic mass is 10.1. The number of ether oxygens (including phenoxy) is 1. The van der Waals surface area contributed by atoms with E-state index in [2.05, 4.69) is 12.1 Å². The van der Waals surface area contributed by atoms with Gasteiger partial charge in [-0.15, -0.1) is 0 Å². The van der Waals surface area contributed by atoms with Crippen molar-refractivity contribution in [3.05, 3.63) is 35.9 Å². The highest BCUT2D eigenvalue weighted by molar-refractivity contribution is 5.67.